The number of rotatable bonds is 3. The molecule has 1 aromatic rings. The van der Waals surface area contributed by atoms with Crippen LogP contribution in [0.25, 0.3) is 0 Å². The van der Waals surface area contributed by atoms with Crippen LogP contribution in [0.5, 0.6) is 5.75 Å². The van der Waals surface area contributed by atoms with E-state index < -0.39 is 0 Å². The van der Waals surface area contributed by atoms with E-state index in [2.05, 4.69) is 0 Å². The molecule has 2 atom stereocenters. The Morgan fingerprint density at radius 3 is 2.64 bits per heavy atom. The molecule has 0 radical (unpaired) electrons. The van der Waals surface area contributed by atoms with Crippen molar-refractivity contribution >= 4 is 0 Å². The average molecular weight is 191 g/mol. The minimum atomic E-state index is 0.402. The van der Waals surface area contributed by atoms with Gasteiger partial charge in [-0.05, 0) is 37.3 Å². The van der Waals surface area contributed by atoms with Crippen molar-refractivity contribution in [1.82, 2.24) is 0 Å². The molecule has 14 heavy (non-hydrogen) atoms. The number of ether oxygens (including phenoxy) is 1. The van der Waals surface area contributed by atoms with Gasteiger partial charge >= 0.3 is 0 Å². The predicted octanol–water partition coefficient (Wildman–Crippen LogP) is 2.19. The van der Waals surface area contributed by atoms with Crippen molar-refractivity contribution < 1.29 is 4.74 Å². The summed E-state index contributed by atoms with van der Waals surface area (Å²) < 4.78 is 5.68. The molecule has 2 nitrogen and oxygen atoms in total. The van der Waals surface area contributed by atoms with E-state index in [-0.39, 0.29) is 0 Å². The molecule has 2 rings (SSSR count). The molecular formula is C12H17NO. The van der Waals surface area contributed by atoms with Crippen LogP contribution in [0.4, 0.5) is 0 Å². The van der Waals surface area contributed by atoms with Gasteiger partial charge in [0.05, 0.1) is 6.61 Å². The first-order valence-electron chi connectivity index (χ1n) is 5.28. The van der Waals surface area contributed by atoms with E-state index in [4.69, 9.17) is 10.5 Å². The maximum absolute atomic E-state index is 5.84. The topological polar surface area (TPSA) is 35.2 Å². The van der Waals surface area contributed by atoms with E-state index in [0.717, 1.165) is 25.2 Å². The molecule has 2 N–H and O–H groups in total. The van der Waals surface area contributed by atoms with Crippen LogP contribution in [0.1, 0.15) is 19.3 Å². The second-order valence-electron chi connectivity index (χ2n) is 4.06. The van der Waals surface area contributed by atoms with E-state index in [1.807, 2.05) is 30.3 Å². The Hall–Kier alpha value is -1.02. The van der Waals surface area contributed by atoms with E-state index in [1.165, 1.54) is 6.42 Å². The second kappa shape index (κ2) is 4.47. The lowest BCUT2D eigenvalue weighted by Crippen LogP contribution is -2.16. The van der Waals surface area contributed by atoms with Crippen LogP contribution in [-0.4, -0.2) is 12.6 Å². The SMILES string of the molecule is NC1CCC(COc2ccccc2)C1. The summed E-state index contributed by atoms with van der Waals surface area (Å²) in [4.78, 5) is 0. The molecule has 0 heterocycles. The van der Waals surface area contributed by atoms with Crippen LogP contribution >= 0.6 is 0 Å². The van der Waals surface area contributed by atoms with Crippen molar-refractivity contribution in [1.29, 1.82) is 0 Å². The third-order valence-electron chi connectivity index (χ3n) is 2.81. The number of nitrogens with two attached hydrogens (primary N) is 1. The summed E-state index contributed by atoms with van der Waals surface area (Å²) in [5.41, 5.74) is 5.84. The molecule has 0 saturated heterocycles. The molecule has 1 fully saturated rings. The molecule has 0 amide bonds. The summed E-state index contributed by atoms with van der Waals surface area (Å²) in [5.74, 6) is 1.62. The summed E-state index contributed by atoms with van der Waals surface area (Å²) in [6.07, 6.45) is 3.49. The average Bonchev–Trinajstić information content (AvgIpc) is 2.63. The van der Waals surface area contributed by atoms with Crippen molar-refractivity contribution in [2.24, 2.45) is 11.7 Å². The van der Waals surface area contributed by atoms with Gasteiger partial charge in [0.25, 0.3) is 0 Å². The van der Waals surface area contributed by atoms with Crippen LogP contribution in [0.15, 0.2) is 30.3 Å². The Morgan fingerprint density at radius 2 is 2.00 bits per heavy atom. The fraction of sp³-hybridized carbons (Fsp3) is 0.500. The molecule has 76 valence electrons. The van der Waals surface area contributed by atoms with Gasteiger partial charge in [0, 0.05) is 6.04 Å². The molecule has 2 heteroatoms. The quantitative estimate of drug-likeness (QED) is 0.795. The number of para-hydroxylation sites is 1. The van der Waals surface area contributed by atoms with Crippen molar-refractivity contribution in [3.8, 4) is 5.75 Å². The standard InChI is InChI=1S/C12H17NO/c13-11-7-6-10(8-11)9-14-12-4-2-1-3-5-12/h1-5,10-11H,6-9,13H2. The Bertz CT molecular complexity index is 273. The van der Waals surface area contributed by atoms with E-state index in [9.17, 15) is 0 Å². The van der Waals surface area contributed by atoms with Crippen molar-refractivity contribution in [3.05, 3.63) is 30.3 Å². The van der Waals surface area contributed by atoms with E-state index in [1.54, 1.807) is 0 Å². The molecule has 0 aromatic heterocycles. The zero-order valence-corrected chi connectivity index (χ0v) is 8.36. The fourth-order valence-electron chi connectivity index (χ4n) is 2.00. The summed E-state index contributed by atoms with van der Waals surface area (Å²) in [7, 11) is 0. The maximum Gasteiger partial charge on any atom is 0.119 e. The van der Waals surface area contributed by atoms with Crippen molar-refractivity contribution in [2.45, 2.75) is 25.3 Å². The molecule has 0 aliphatic heterocycles. The van der Waals surface area contributed by atoms with Crippen molar-refractivity contribution in [2.75, 3.05) is 6.61 Å². The lowest BCUT2D eigenvalue weighted by atomic mass is 10.1. The summed E-state index contributed by atoms with van der Waals surface area (Å²) in [6, 6.07) is 10.4. The molecule has 1 aliphatic carbocycles. The predicted molar refractivity (Wildman–Crippen MR) is 57.3 cm³/mol. The molecular weight excluding hydrogens is 174 g/mol. The molecule has 1 saturated carbocycles. The summed E-state index contributed by atoms with van der Waals surface area (Å²) in [6.45, 7) is 0.817. The van der Waals surface area contributed by atoms with Crippen molar-refractivity contribution in [3.63, 3.8) is 0 Å². The van der Waals surface area contributed by atoms with Crippen LogP contribution in [0, 0.1) is 5.92 Å². The first kappa shape index (κ1) is 9.53. The smallest absolute Gasteiger partial charge is 0.119 e. The molecule has 1 aliphatic rings. The second-order valence-corrected chi connectivity index (χ2v) is 4.06. The van der Waals surface area contributed by atoms with E-state index >= 15 is 0 Å². The maximum atomic E-state index is 5.84. The Labute approximate surface area is 85.1 Å². The molecule has 1 aromatic carbocycles. The minimum absolute atomic E-state index is 0.402. The first-order chi connectivity index (χ1) is 6.84. The minimum Gasteiger partial charge on any atom is -0.493 e. The van der Waals surface area contributed by atoms with Gasteiger partial charge < -0.3 is 10.5 Å². The van der Waals surface area contributed by atoms with Gasteiger partial charge in [0.15, 0.2) is 0 Å². The first-order valence-corrected chi connectivity index (χ1v) is 5.28. The number of benzene rings is 1. The lowest BCUT2D eigenvalue weighted by Gasteiger charge is -2.11. The van der Waals surface area contributed by atoms with Gasteiger partial charge in [-0.3, -0.25) is 0 Å². The molecule has 0 bridgehead atoms. The fourth-order valence-corrected chi connectivity index (χ4v) is 2.00. The number of hydrogen-bond donors (Lipinski definition) is 1. The highest BCUT2D eigenvalue weighted by Crippen LogP contribution is 2.24. The highest BCUT2D eigenvalue weighted by atomic mass is 16.5. The largest absolute Gasteiger partial charge is 0.493 e. The highest BCUT2D eigenvalue weighted by Gasteiger charge is 2.21. The zero-order chi connectivity index (χ0) is 9.80. The summed E-state index contributed by atoms with van der Waals surface area (Å²) >= 11 is 0. The van der Waals surface area contributed by atoms with Gasteiger partial charge in [-0.2, -0.15) is 0 Å². The van der Waals surface area contributed by atoms with Gasteiger partial charge in [-0.25, -0.2) is 0 Å². The Morgan fingerprint density at radius 1 is 1.21 bits per heavy atom. The van der Waals surface area contributed by atoms with Gasteiger partial charge in [0.2, 0.25) is 0 Å². The lowest BCUT2D eigenvalue weighted by molar-refractivity contribution is 0.251. The normalized spacial score (nSPS) is 26.4. The van der Waals surface area contributed by atoms with Crippen LogP contribution < -0.4 is 10.5 Å². The van der Waals surface area contributed by atoms with Crippen LogP contribution in [-0.2, 0) is 0 Å². The highest BCUT2D eigenvalue weighted by molar-refractivity contribution is 5.20. The third kappa shape index (κ3) is 2.48. The third-order valence-corrected chi connectivity index (χ3v) is 2.81. The zero-order valence-electron chi connectivity index (χ0n) is 8.36. The van der Waals surface area contributed by atoms with Gasteiger partial charge in [-0.15, -0.1) is 0 Å². The van der Waals surface area contributed by atoms with Gasteiger partial charge in [0.1, 0.15) is 5.75 Å². The number of hydrogen-bond acceptors (Lipinski definition) is 2. The Balaban J connectivity index is 1.78. The molecule has 0 spiro atoms. The Kier molecular flexibility index (Phi) is 3.04. The van der Waals surface area contributed by atoms with Crippen LogP contribution in [0.2, 0.25) is 0 Å². The van der Waals surface area contributed by atoms with Crippen LogP contribution in [0.3, 0.4) is 0 Å². The van der Waals surface area contributed by atoms with E-state index in [0.29, 0.717) is 12.0 Å². The summed E-state index contributed by atoms with van der Waals surface area (Å²) in [5, 5.41) is 0. The van der Waals surface area contributed by atoms with Gasteiger partial charge in [-0.1, -0.05) is 18.2 Å². The monoisotopic (exact) mass is 191 g/mol. The molecule has 2 unspecified atom stereocenters.